The maximum atomic E-state index is 12.7. The van der Waals surface area contributed by atoms with Crippen LogP contribution in [0.4, 0.5) is 0 Å². The first kappa shape index (κ1) is 14.8. The number of fused-ring (bicyclic) bond motifs is 1. The van der Waals surface area contributed by atoms with Crippen molar-refractivity contribution in [3.8, 4) is 5.75 Å². The number of benzene rings is 2. The molecule has 0 spiro atoms. The van der Waals surface area contributed by atoms with Crippen LogP contribution in [0.3, 0.4) is 0 Å². The van der Waals surface area contributed by atoms with E-state index in [0.29, 0.717) is 21.4 Å². The number of ether oxygens (including phenoxy) is 1. The van der Waals surface area contributed by atoms with Crippen LogP contribution in [0.2, 0.25) is 10.0 Å². The highest BCUT2D eigenvalue weighted by Gasteiger charge is 2.36. The van der Waals surface area contributed by atoms with E-state index < -0.39 is 0 Å². The summed E-state index contributed by atoms with van der Waals surface area (Å²) in [6.45, 7) is 2.00. The van der Waals surface area contributed by atoms with Gasteiger partial charge in [-0.3, -0.25) is 4.79 Å². The topological polar surface area (TPSA) is 26.3 Å². The van der Waals surface area contributed by atoms with Crippen molar-refractivity contribution in [2.75, 3.05) is 7.11 Å². The van der Waals surface area contributed by atoms with E-state index in [1.54, 1.807) is 6.07 Å². The molecule has 0 saturated heterocycles. The molecule has 2 aromatic carbocycles. The Morgan fingerprint density at radius 3 is 2.57 bits per heavy atom. The van der Waals surface area contributed by atoms with Gasteiger partial charge < -0.3 is 4.74 Å². The summed E-state index contributed by atoms with van der Waals surface area (Å²) in [6.07, 6.45) is 0. The molecule has 1 heterocycles. The average molecular weight is 339 g/mol. The van der Waals surface area contributed by atoms with Crippen LogP contribution in [0.1, 0.15) is 26.7 Å². The van der Waals surface area contributed by atoms with Gasteiger partial charge in [-0.25, -0.2) is 0 Å². The summed E-state index contributed by atoms with van der Waals surface area (Å²) in [4.78, 5) is 13.4. The molecular weight excluding hydrogens is 327 g/mol. The molecule has 1 unspecified atom stereocenters. The summed E-state index contributed by atoms with van der Waals surface area (Å²) in [5.41, 5.74) is 2.68. The largest absolute Gasteiger partial charge is 0.495 e. The van der Waals surface area contributed by atoms with E-state index in [1.807, 2.05) is 31.2 Å². The molecule has 1 atom stereocenters. The van der Waals surface area contributed by atoms with Gasteiger partial charge in [0.1, 0.15) is 10.8 Å². The molecule has 0 bridgehead atoms. The third kappa shape index (κ3) is 2.33. The minimum Gasteiger partial charge on any atom is -0.495 e. The van der Waals surface area contributed by atoms with Gasteiger partial charge in [0.15, 0.2) is 5.78 Å². The van der Waals surface area contributed by atoms with Crippen LogP contribution >= 0.6 is 35.0 Å². The third-order valence-electron chi connectivity index (χ3n) is 3.56. The van der Waals surface area contributed by atoms with Crippen LogP contribution in [-0.4, -0.2) is 12.9 Å². The predicted molar refractivity (Wildman–Crippen MR) is 87.1 cm³/mol. The first-order valence-electron chi connectivity index (χ1n) is 6.37. The highest BCUT2D eigenvalue weighted by atomic mass is 35.5. The first-order valence-corrected chi connectivity index (χ1v) is 8.00. The van der Waals surface area contributed by atoms with E-state index in [2.05, 4.69) is 0 Å². The van der Waals surface area contributed by atoms with E-state index in [4.69, 9.17) is 27.9 Å². The number of carbonyl (C=O) groups excluding carboxylic acids is 1. The number of hydrogen-bond acceptors (Lipinski definition) is 3. The number of aryl methyl sites for hydroxylation is 1. The molecule has 108 valence electrons. The second kappa shape index (κ2) is 5.56. The molecule has 0 amide bonds. The average Bonchev–Trinajstić information content (AvgIpc) is 2.81. The van der Waals surface area contributed by atoms with Crippen molar-refractivity contribution in [3.05, 3.63) is 57.1 Å². The Balaban J connectivity index is 2.11. The molecule has 3 rings (SSSR count). The molecule has 21 heavy (non-hydrogen) atoms. The normalized spacial score (nSPS) is 17.0. The minimum absolute atomic E-state index is 0.0427. The molecule has 0 saturated carbocycles. The maximum Gasteiger partial charge on any atom is 0.181 e. The van der Waals surface area contributed by atoms with Gasteiger partial charge in [-0.1, -0.05) is 47.5 Å². The summed E-state index contributed by atoms with van der Waals surface area (Å²) >= 11 is 13.9. The zero-order chi connectivity index (χ0) is 15.1. The van der Waals surface area contributed by atoms with Gasteiger partial charge in [-0.15, -0.1) is 11.8 Å². The van der Waals surface area contributed by atoms with Crippen LogP contribution < -0.4 is 4.74 Å². The number of halogens is 2. The van der Waals surface area contributed by atoms with Gasteiger partial charge in [0, 0.05) is 10.5 Å². The van der Waals surface area contributed by atoms with Crippen molar-refractivity contribution in [1.29, 1.82) is 0 Å². The molecule has 5 heteroatoms. The zero-order valence-electron chi connectivity index (χ0n) is 11.4. The number of rotatable bonds is 2. The van der Waals surface area contributed by atoms with E-state index in [0.717, 1.165) is 16.0 Å². The van der Waals surface area contributed by atoms with E-state index in [-0.39, 0.29) is 11.0 Å². The summed E-state index contributed by atoms with van der Waals surface area (Å²) in [5.74, 6) is 0.473. The zero-order valence-corrected chi connectivity index (χ0v) is 13.8. The summed E-state index contributed by atoms with van der Waals surface area (Å²) < 4.78 is 5.19. The Hall–Kier alpha value is -1.16. The first-order chi connectivity index (χ1) is 10.0. The number of thioether (sulfide) groups is 1. The molecule has 1 aliphatic rings. The van der Waals surface area contributed by atoms with Gasteiger partial charge in [0.2, 0.25) is 0 Å². The van der Waals surface area contributed by atoms with E-state index in [9.17, 15) is 4.79 Å². The molecular formula is C16H12Cl2O2S. The van der Waals surface area contributed by atoms with Gasteiger partial charge >= 0.3 is 0 Å². The van der Waals surface area contributed by atoms with Crippen molar-refractivity contribution in [1.82, 2.24) is 0 Å². The summed E-state index contributed by atoms with van der Waals surface area (Å²) in [6, 6.07) is 9.55. The Bertz CT molecular complexity index is 743. The molecule has 0 N–H and O–H groups in total. The minimum atomic E-state index is -0.276. The van der Waals surface area contributed by atoms with Crippen LogP contribution in [0.25, 0.3) is 0 Å². The monoisotopic (exact) mass is 338 g/mol. The molecule has 0 aliphatic carbocycles. The van der Waals surface area contributed by atoms with Crippen molar-refractivity contribution >= 4 is 40.7 Å². The SMILES string of the molecule is COc1cc2c(c(Cl)c1Cl)SC(c1ccccc1C)C2=O. The number of ketones is 1. The smallest absolute Gasteiger partial charge is 0.181 e. The lowest BCUT2D eigenvalue weighted by Gasteiger charge is -2.10. The molecule has 2 nitrogen and oxygen atoms in total. The second-order valence-electron chi connectivity index (χ2n) is 4.80. The van der Waals surface area contributed by atoms with Crippen LogP contribution in [0.5, 0.6) is 5.75 Å². The second-order valence-corrected chi connectivity index (χ2v) is 6.67. The lowest BCUT2D eigenvalue weighted by atomic mass is 9.99. The quantitative estimate of drug-likeness (QED) is 0.739. The Labute approximate surface area is 137 Å². The van der Waals surface area contributed by atoms with Crippen molar-refractivity contribution in [3.63, 3.8) is 0 Å². The molecule has 0 aromatic heterocycles. The van der Waals surface area contributed by atoms with Crippen molar-refractivity contribution < 1.29 is 9.53 Å². The van der Waals surface area contributed by atoms with E-state index >= 15 is 0 Å². The third-order valence-corrected chi connectivity index (χ3v) is 5.88. The highest BCUT2D eigenvalue weighted by molar-refractivity contribution is 8.01. The van der Waals surface area contributed by atoms with Crippen molar-refractivity contribution in [2.24, 2.45) is 0 Å². The van der Waals surface area contributed by atoms with E-state index in [1.165, 1.54) is 18.9 Å². The molecule has 1 aliphatic heterocycles. The Morgan fingerprint density at radius 2 is 1.90 bits per heavy atom. The fourth-order valence-corrected chi connectivity index (χ4v) is 4.40. The summed E-state index contributed by atoms with van der Waals surface area (Å²) in [7, 11) is 1.51. The number of carbonyl (C=O) groups is 1. The Kier molecular flexibility index (Phi) is 3.91. The highest BCUT2D eigenvalue weighted by Crippen LogP contribution is 2.53. The number of methoxy groups -OCH3 is 1. The van der Waals surface area contributed by atoms with Gasteiger partial charge in [0.25, 0.3) is 0 Å². The number of hydrogen-bond donors (Lipinski definition) is 0. The van der Waals surface area contributed by atoms with Crippen LogP contribution in [-0.2, 0) is 0 Å². The number of Topliss-reactive ketones (excluding diaryl/α,β-unsaturated/α-hetero) is 1. The summed E-state index contributed by atoms with van der Waals surface area (Å²) in [5, 5.41) is 0.464. The fourth-order valence-electron chi connectivity index (χ4n) is 2.43. The van der Waals surface area contributed by atoms with Crippen LogP contribution in [0.15, 0.2) is 35.2 Å². The lowest BCUT2D eigenvalue weighted by molar-refractivity contribution is 0.0991. The fraction of sp³-hybridized carbons (Fsp3) is 0.188. The van der Waals surface area contributed by atoms with Crippen LogP contribution in [0, 0.1) is 6.92 Å². The predicted octanol–water partition coefficient (Wildman–Crippen LogP) is 5.34. The lowest BCUT2D eigenvalue weighted by Crippen LogP contribution is -2.05. The van der Waals surface area contributed by atoms with Gasteiger partial charge in [-0.2, -0.15) is 0 Å². The van der Waals surface area contributed by atoms with Gasteiger partial charge in [0.05, 0.1) is 17.4 Å². The molecule has 0 radical (unpaired) electrons. The molecule has 0 fully saturated rings. The van der Waals surface area contributed by atoms with Gasteiger partial charge in [-0.05, 0) is 24.1 Å². The van der Waals surface area contributed by atoms with Crippen molar-refractivity contribution in [2.45, 2.75) is 17.1 Å². The molecule has 2 aromatic rings. The standard InChI is InChI=1S/C16H12Cl2O2S/c1-8-5-3-4-6-9(8)16-14(19)10-7-11(20-2)12(17)13(18)15(10)21-16/h3-7,16H,1-2H3. The maximum absolute atomic E-state index is 12.7. The Morgan fingerprint density at radius 1 is 1.19 bits per heavy atom.